The molecule has 1 aliphatic rings. The predicted octanol–water partition coefficient (Wildman–Crippen LogP) is 3.02. The standard InChI is InChI=1S/C23H24N4O2/c1-17-21(18(2)27(24-17)20-11-7-4-8-12-20)22(28)23(29)26-15-13-25(14-16-26)19-9-5-3-6-10-19/h3-12H,13-16H2,1-2H3. The van der Waals surface area contributed by atoms with Crippen LogP contribution in [0.5, 0.6) is 0 Å². The van der Waals surface area contributed by atoms with Gasteiger partial charge in [0.25, 0.3) is 11.7 Å². The minimum atomic E-state index is -0.477. The number of hydrogen-bond acceptors (Lipinski definition) is 4. The van der Waals surface area contributed by atoms with Crippen LogP contribution < -0.4 is 4.90 Å². The summed E-state index contributed by atoms with van der Waals surface area (Å²) in [5, 5.41) is 4.50. The van der Waals surface area contributed by atoms with Gasteiger partial charge in [-0.25, -0.2) is 4.68 Å². The molecule has 0 saturated carbocycles. The molecule has 1 saturated heterocycles. The molecule has 0 aliphatic carbocycles. The number of benzene rings is 2. The number of rotatable bonds is 4. The fourth-order valence-electron chi connectivity index (χ4n) is 3.85. The molecular weight excluding hydrogens is 364 g/mol. The molecule has 3 aromatic rings. The number of piperazine rings is 1. The zero-order valence-corrected chi connectivity index (χ0v) is 16.7. The van der Waals surface area contributed by atoms with Gasteiger partial charge >= 0.3 is 0 Å². The number of carbonyl (C=O) groups is 2. The maximum atomic E-state index is 13.0. The van der Waals surface area contributed by atoms with Crippen LogP contribution in [0.25, 0.3) is 5.69 Å². The molecular formula is C23H24N4O2. The lowest BCUT2D eigenvalue weighted by molar-refractivity contribution is -0.126. The van der Waals surface area contributed by atoms with Crippen LogP contribution >= 0.6 is 0 Å². The number of aromatic nitrogens is 2. The van der Waals surface area contributed by atoms with Crippen molar-refractivity contribution in [1.29, 1.82) is 0 Å². The maximum absolute atomic E-state index is 13.0. The summed E-state index contributed by atoms with van der Waals surface area (Å²) < 4.78 is 1.73. The van der Waals surface area contributed by atoms with Crippen LogP contribution in [0.15, 0.2) is 60.7 Å². The van der Waals surface area contributed by atoms with Crippen LogP contribution in [-0.4, -0.2) is 52.5 Å². The Morgan fingerprint density at radius 3 is 1.93 bits per heavy atom. The fraction of sp³-hybridized carbons (Fsp3) is 0.261. The lowest BCUT2D eigenvalue weighted by Gasteiger charge is -2.35. The van der Waals surface area contributed by atoms with E-state index in [-0.39, 0.29) is 0 Å². The lowest BCUT2D eigenvalue weighted by Crippen LogP contribution is -2.50. The summed E-state index contributed by atoms with van der Waals surface area (Å²) in [5.74, 6) is -0.924. The minimum Gasteiger partial charge on any atom is -0.368 e. The number of ketones is 1. The van der Waals surface area contributed by atoms with Crippen molar-refractivity contribution in [2.75, 3.05) is 31.1 Å². The zero-order chi connectivity index (χ0) is 20.4. The molecule has 2 aromatic carbocycles. The summed E-state index contributed by atoms with van der Waals surface area (Å²) in [7, 11) is 0. The van der Waals surface area contributed by atoms with Gasteiger partial charge in [0.2, 0.25) is 0 Å². The predicted molar refractivity (Wildman–Crippen MR) is 113 cm³/mol. The van der Waals surface area contributed by atoms with E-state index in [0.717, 1.165) is 11.4 Å². The van der Waals surface area contributed by atoms with Gasteiger partial charge in [-0.1, -0.05) is 36.4 Å². The number of hydrogen-bond donors (Lipinski definition) is 0. The van der Waals surface area contributed by atoms with Gasteiger partial charge in [-0.2, -0.15) is 5.10 Å². The summed E-state index contributed by atoms with van der Waals surface area (Å²) in [5.41, 5.74) is 3.68. The molecule has 0 bridgehead atoms. The molecule has 1 amide bonds. The van der Waals surface area contributed by atoms with Crippen molar-refractivity contribution in [2.24, 2.45) is 0 Å². The summed E-state index contributed by atoms with van der Waals surface area (Å²) in [6.07, 6.45) is 0. The molecule has 1 aromatic heterocycles. The van der Waals surface area contributed by atoms with Crippen molar-refractivity contribution < 1.29 is 9.59 Å². The molecule has 148 valence electrons. The van der Waals surface area contributed by atoms with Gasteiger partial charge in [0.05, 0.1) is 22.6 Å². The lowest BCUT2D eigenvalue weighted by atomic mass is 10.1. The third-order valence-electron chi connectivity index (χ3n) is 5.40. The third-order valence-corrected chi connectivity index (χ3v) is 5.40. The summed E-state index contributed by atoms with van der Waals surface area (Å²) in [4.78, 5) is 29.8. The van der Waals surface area contributed by atoms with Gasteiger partial charge in [0.15, 0.2) is 0 Å². The summed E-state index contributed by atoms with van der Waals surface area (Å²) in [6.45, 7) is 6.10. The van der Waals surface area contributed by atoms with Gasteiger partial charge in [-0.05, 0) is 38.1 Å². The summed E-state index contributed by atoms with van der Waals surface area (Å²) >= 11 is 0. The minimum absolute atomic E-state index is 0.407. The highest BCUT2D eigenvalue weighted by atomic mass is 16.2. The second-order valence-corrected chi connectivity index (χ2v) is 7.24. The molecule has 4 rings (SSSR count). The van der Waals surface area contributed by atoms with Crippen LogP contribution in [0.4, 0.5) is 5.69 Å². The van der Waals surface area contributed by atoms with Gasteiger partial charge in [0.1, 0.15) is 0 Å². The van der Waals surface area contributed by atoms with Crippen LogP contribution in [0, 0.1) is 13.8 Å². The van der Waals surface area contributed by atoms with Crippen molar-refractivity contribution in [3.63, 3.8) is 0 Å². The third kappa shape index (κ3) is 3.66. The smallest absolute Gasteiger partial charge is 0.295 e. The molecule has 1 aliphatic heterocycles. The van der Waals surface area contributed by atoms with Crippen molar-refractivity contribution in [2.45, 2.75) is 13.8 Å². The number of para-hydroxylation sites is 2. The molecule has 0 radical (unpaired) electrons. The first-order valence-corrected chi connectivity index (χ1v) is 9.81. The molecule has 0 atom stereocenters. The van der Waals surface area contributed by atoms with Gasteiger partial charge in [0, 0.05) is 31.9 Å². The maximum Gasteiger partial charge on any atom is 0.295 e. The van der Waals surface area contributed by atoms with Crippen molar-refractivity contribution in [3.8, 4) is 5.69 Å². The normalized spacial score (nSPS) is 14.1. The van der Waals surface area contributed by atoms with E-state index in [9.17, 15) is 9.59 Å². The molecule has 0 unspecified atom stereocenters. The monoisotopic (exact) mass is 388 g/mol. The Bertz CT molecular complexity index is 1020. The van der Waals surface area contributed by atoms with E-state index < -0.39 is 11.7 Å². The highest BCUT2D eigenvalue weighted by molar-refractivity contribution is 6.43. The largest absolute Gasteiger partial charge is 0.368 e. The number of aryl methyl sites for hydroxylation is 1. The molecule has 0 N–H and O–H groups in total. The Balaban J connectivity index is 1.49. The van der Waals surface area contributed by atoms with E-state index in [0.29, 0.717) is 43.1 Å². The van der Waals surface area contributed by atoms with Gasteiger partial charge in [-0.15, -0.1) is 0 Å². The zero-order valence-electron chi connectivity index (χ0n) is 16.7. The molecule has 6 heteroatoms. The second kappa shape index (κ2) is 7.91. The topological polar surface area (TPSA) is 58.4 Å². The van der Waals surface area contributed by atoms with Crippen LogP contribution in [0.1, 0.15) is 21.7 Å². The highest BCUT2D eigenvalue weighted by Gasteiger charge is 2.30. The summed E-state index contributed by atoms with van der Waals surface area (Å²) in [6, 6.07) is 19.8. The molecule has 1 fully saturated rings. The SMILES string of the molecule is Cc1nn(-c2ccccc2)c(C)c1C(=O)C(=O)N1CCN(c2ccccc2)CC1. The number of Topliss-reactive ketones (excluding diaryl/α,β-unsaturated/α-hetero) is 1. The molecule has 2 heterocycles. The molecule has 6 nitrogen and oxygen atoms in total. The van der Waals surface area contributed by atoms with E-state index >= 15 is 0 Å². The van der Waals surface area contributed by atoms with Crippen molar-refractivity contribution in [3.05, 3.63) is 77.6 Å². The Morgan fingerprint density at radius 1 is 0.793 bits per heavy atom. The quantitative estimate of drug-likeness (QED) is 0.509. The highest BCUT2D eigenvalue weighted by Crippen LogP contribution is 2.20. The number of carbonyl (C=O) groups excluding carboxylic acids is 2. The van der Waals surface area contributed by atoms with E-state index in [1.807, 2.05) is 55.5 Å². The first-order chi connectivity index (χ1) is 14.1. The number of amides is 1. The van der Waals surface area contributed by atoms with E-state index in [1.54, 1.807) is 16.5 Å². The van der Waals surface area contributed by atoms with E-state index in [2.05, 4.69) is 22.1 Å². The van der Waals surface area contributed by atoms with E-state index in [4.69, 9.17) is 0 Å². The number of nitrogens with zero attached hydrogens (tertiary/aromatic N) is 4. The first-order valence-electron chi connectivity index (χ1n) is 9.81. The fourth-order valence-corrected chi connectivity index (χ4v) is 3.85. The molecule has 0 spiro atoms. The van der Waals surface area contributed by atoms with Gasteiger partial charge < -0.3 is 9.80 Å². The Morgan fingerprint density at radius 2 is 1.34 bits per heavy atom. The average Bonchev–Trinajstić information content (AvgIpc) is 3.08. The van der Waals surface area contributed by atoms with E-state index in [1.165, 1.54) is 0 Å². The number of anilines is 1. The first kappa shape index (κ1) is 18.9. The average molecular weight is 388 g/mol. The Hall–Kier alpha value is -3.41. The molecule has 29 heavy (non-hydrogen) atoms. The Labute approximate surface area is 170 Å². The van der Waals surface area contributed by atoms with Crippen LogP contribution in [0.2, 0.25) is 0 Å². The van der Waals surface area contributed by atoms with Gasteiger partial charge in [-0.3, -0.25) is 9.59 Å². The second-order valence-electron chi connectivity index (χ2n) is 7.24. The van der Waals surface area contributed by atoms with Crippen molar-refractivity contribution in [1.82, 2.24) is 14.7 Å². The Kier molecular flexibility index (Phi) is 5.16. The van der Waals surface area contributed by atoms with Crippen molar-refractivity contribution >= 4 is 17.4 Å². The van der Waals surface area contributed by atoms with Crippen LogP contribution in [-0.2, 0) is 4.79 Å². The van der Waals surface area contributed by atoms with Crippen LogP contribution in [0.3, 0.4) is 0 Å².